The number of nitrogens with zero attached hydrogens (tertiary/aromatic N) is 4. The molecule has 126 valence electrons. The highest BCUT2D eigenvalue weighted by molar-refractivity contribution is 6.31. The number of halogens is 1. The van der Waals surface area contributed by atoms with Gasteiger partial charge in [0.15, 0.2) is 0 Å². The van der Waals surface area contributed by atoms with E-state index in [1.807, 2.05) is 19.1 Å². The smallest absolute Gasteiger partial charge is 0.274 e. The topological polar surface area (TPSA) is 61.4 Å². The van der Waals surface area contributed by atoms with E-state index >= 15 is 0 Å². The molecule has 0 radical (unpaired) electrons. The molecule has 1 saturated heterocycles. The third-order valence-electron chi connectivity index (χ3n) is 4.09. The molecule has 6 nitrogen and oxygen atoms in total. The van der Waals surface area contributed by atoms with Crippen LogP contribution in [0.2, 0.25) is 5.02 Å². The number of aromatic nitrogens is 2. The summed E-state index contributed by atoms with van der Waals surface area (Å²) in [6.07, 6.45) is 1.62. The Morgan fingerprint density at radius 2 is 1.96 bits per heavy atom. The fraction of sp³-hybridized carbons (Fsp3) is 0.353. The van der Waals surface area contributed by atoms with Gasteiger partial charge in [-0.3, -0.25) is 4.79 Å². The van der Waals surface area contributed by atoms with E-state index in [2.05, 4.69) is 32.1 Å². The quantitative estimate of drug-likeness (QED) is 0.925. The number of anilines is 2. The van der Waals surface area contributed by atoms with Gasteiger partial charge in [0.05, 0.1) is 0 Å². The van der Waals surface area contributed by atoms with Crippen LogP contribution in [0.4, 0.5) is 11.6 Å². The maximum absolute atomic E-state index is 12.4. The van der Waals surface area contributed by atoms with Gasteiger partial charge in [-0.2, -0.15) is 0 Å². The van der Waals surface area contributed by atoms with E-state index in [9.17, 15) is 4.79 Å². The Balaban J connectivity index is 1.73. The van der Waals surface area contributed by atoms with Crippen molar-refractivity contribution in [2.45, 2.75) is 6.92 Å². The zero-order chi connectivity index (χ0) is 17.1. The van der Waals surface area contributed by atoms with Gasteiger partial charge in [-0.05, 0) is 37.7 Å². The van der Waals surface area contributed by atoms with Gasteiger partial charge in [0.2, 0.25) is 5.95 Å². The van der Waals surface area contributed by atoms with Crippen LogP contribution in [0.3, 0.4) is 0 Å². The van der Waals surface area contributed by atoms with Gasteiger partial charge in [-0.25, -0.2) is 9.97 Å². The van der Waals surface area contributed by atoms with Crippen LogP contribution < -0.4 is 10.2 Å². The van der Waals surface area contributed by atoms with E-state index in [1.54, 1.807) is 18.3 Å². The van der Waals surface area contributed by atoms with E-state index in [0.717, 1.165) is 31.7 Å². The van der Waals surface area contributed by atoms with E-state index in [-0.39, 0.29) is 5.91 Å². The number of amides is 1. The zero-order valence-corrected chi connectivity index (χ0v) is 14.5. The largest absolute Gasteiger partial charge is 0.338 e. The van der Waals surface area contributed by atoms with Gasteiger partial charge in [0, 0.05) is 43.1 Å². The SMILES string of the molecule is Cc1ccc(NC(=O)c2ccnc(N3CCN(C)CC3)n2)cc1Cl. The number of hydrogen-bond acceptors (Lipinski definition) is 5. The van der Waals surface area contributed by atoms with Gasteiger partial charge >= 0.3 is 0 Å². The van der Waals surface area contributed by atoms with Crippen molar-refractivity contribution in [3.05, 3.63) is 46.7 Å². The van der Waals surface area contributed by atoms with Gasteiger partial charge in [0.1, 0.15) is 5.69 Å². The van der Waals surface area contributed by atoms with Crippen molar-refractivity contribution in [3.63, 3.8) is 0 Å². The summed E-state index contributed by atoms with van der Waals surface area (Å²) in [6, 6.07) is 7.04. The Bertz CT molecular complexity index is 744. The standard InChI is InChI=1S/C17H20ClN5O/c1-12-3-4-13(11-14(12)18)20-16(24)15-5-6-19-17(21-15)23-9-7-22(2)8-10-23/h3-6,11H,7-10H2,1-2H3,(H,20,24). The minimum atomic E-state index is -0.271. The lowest BCUT2D eigenvalue weighted by Gasteiger charge is -2.32. The predicted molar refractivity (Wildman–Crippen MR) is 95.9 cm³/mol. The van der Waals surface area contributed by atoms with Gasteiger partial charge < -0.3 is 15.1 Å². The first-order valence-electron chi connectivity index (χ1n) is 7.87. The second-order valence-corrected chi connectivity index (χ2v) is 6.36. The minimum Gasteiger partial charge on any atom is -0.338 e. The van der Waals surface area contributed by atoms with Gasteiger partial charge in [0.25, 0.3) is 5.91 Å². The number of aryl methyl sites for hydroxylation is 1. The molecule has 1 aromatic heterocycles. The Kier molecular flexibility index (Phi) is 4.97. The number of piperazine rings is 1. The number of nitrogens with one attached hydrogen (secondary N) is 1. The highest BCUT2D eigenvalue weighted by atomic mass is 35.5. The summed E-state index contributed by atoms with van der Waals surface area (Å²) in [7, 11) is 2.09. The second kappa shape index (κ2) is 7.15. The molecule has 2 heterocycles. The maximum Gasteiger partial charge on any atom is 0.274 e. The van der Waals surface area contributed by atoms with Crippen molar-refractivity contribution in [2.75, 3.05) is 43.4 Å². The van der Waals surface area contributed by atoms with Crippen molar-refractivity contribution in [1.29, 1.82) is 0 Å². The van der Waals surface area contributed by atoms with Crippen LogP contribution in [-0.2, 0) is 0 Å². The van der Waals surface area contributed by atoms with Crippen LogP contribution in [0.25, 0.3) is 0 Å². The number of benzene rings is 1. The predicted octanol–water partition coefficient (Wildman–Crippen LogP) is 2.44. The second-order valence-electron chi connectivity index (χ2n) is 5.95. The molecule has 1 fully saturated rings. The highest BCUT2D eigenvalue weighted by Gasteiger charge is 2.18. The van der Waals surface area contributed by atoms with Crippen molar-refractivity contribution in [1.82, 2.24) is 14.9 Å². The molecule has 7 heteroatoms. The normalized spacial score (nSPS) is 15.4. The molecule has 0 saturated carbocycles. The van der Waals surface area contributed by atoms with E-state index in [0.29, 0.717) is 22.4 Å². The van der Waals surface area contributed by atoms with Crippen LogP contribution in [0.5, 0.6) is 0 Å². The van der Waals surface area contributed by atoms with E-state index < -0.39 is 0 Å². The first-order chi connectivity index (χ1) is 11.5. The summed E-state index contributed by atoms with van der Waals surface area (Å²) in [4.78, 5) is 25.5. The van der Waals surface area contributed by atoms with E-state index in [4.69, 9.17) is 11.6 Å². The summed E-state index contributed by atoms with van der Waals surface area (Å²) >= 11 is 6.09. The maximum atomic E-state index is 12.4. The number of carbonyl (C=O) groups excluding carboxylic acids is 1. The molecule has 3 rings (SSSR count). The molecular formula is C17H20ClN5O. The third kappa shape index (κ3) is 3.83. The van der Waals surface area contributed by atoms with Gasteiger partial charge in [-0.1, -0.05) is 17.7 Å². The lowest BCUT2D eigenvalue weighted by Crippen LogP contribution is -2.45. The Labute approximate surface area is 146 Å². The molecule has 1 N–H and O–H groups in total. The molecule has 2 aromatic rings. The fourth-order valence-electron chi connectivity index (χ4n) is 2.50. The number of hydrogen-bond donors (Lipinski definition) is 1. The minimum absolute atomic E-state index is 0.271. The first kappa shape index (κ1) is 16.7. The average molecular weight is 346 g/mol. The third-order valence-corrected chi connectivity index (χ3v) is 4.50. The lowest BCUT2D eigenvalue weighted by molar-refractivity contribution is 0.102. The summed E-state index contributed by atoms with van der Waals surface area (Å²) in [5.74, 6) is 0.324. The van der Waals surface area contributed by atoms with Crippen LogP contribution in [0.1, 0.15) is 16.1 Å². The zero-order valence-electron chi connectivity index (χ0n) is 13.8. The molecule has 0 spiro atoms. The molecule has 1 aliphatic heterocycles. The van der Waals surface area contributed by atoms with Crippen LogP contribution in [-0.4, -0.2) is 54.0 Å². The molecule has 24 heavy (non-hydrogen) atoms. The molecule has 0 aliphatic carbocycles. The fourth-order valence-corrected chi connectivity index (χ4v) is 2.68. The summed E-state index contributed by atoms with van der Waals surface area (Å²) in [6.45, 7) is 5.55. The molecule has 1 aromatic carbocycles. The number of rotatable bonds is 3. The number of likely N-dealkylation sites (N-methyl/N-ethyl adjacent to an activating group) is 1. The van der Waals surface area contributed by atoms with Crippen molar-refractivity contribution in [2.24, 2.45) is 0 Å². The Hall–Kier alpha value is -2.18. The average Bonchev–Trinajstić information content (AvgIpc) is 2.59. The Morgan fingerprint density at radius 3 is 2.67 bits per heavy atom. The summed E-state index contributed by atoms with van der Waals surface area (Å²) < 4.78 is 0. The molecule has 0 atom stereocenters. The highest BCUT2D eigenvalue weighted by Crippen LogP contribution is 2.20. The summed E-state index contributed by atoms with van der Waals surface area (Å²) in [5, 5.41) is 3.44. The van der Waals surface area contributed by atoms with E-state index in [1.165, 1.54) is 0 Å². The molecule has 0 unspecified atom stereocenters. The van der Waals surface area contributed by atoms with Crippen molar-refractivity contribution >= 4 is 29.1 Å². The van der Waals surface area contributed by atoms with Crippen LogP contribution in [0.15, 0.2) is 30.5 Å². The lowest BCUT2D eigenvalue weighted by atomic mass is 10.2. The van der Waals surface area contributed by atoms with Crippen LogP contribution in [0, 0.1) is 6.92 Å². The number of carbonyl (C=O) groups is 1. The molecule has 0 bridgehead atoms. The summed E-state index contributed by atoms with van der Waals surface area (Å²) in [5.41, 5.74) is 1.96. The molecular weight excluding hydrogens is 326 g/mol. The van der Waals surface area contributed by atoms with Crippen LogP contribution >= 0.6 is 11.6 Å². The molecule has 1 amide bonds. The molecule has 1 aliphatic rings. The van der Waals surface area contributed by atoms with Gasteiger partial charge in [-0.15, -0.1) is 0 Å². The monoisotopic (exact) mass is 345 g/mol. The Morgan fingerprint density at radius 1 is 1.21 bits per heavy atom. The van der Waals surface area contributed by atoms with Crippen molar-refractivity contribution in [3.8, 4) is 0 Å². The first-order valence-corrected chi connectivity index (χ1v) is 8.25. The van der Waals surface area contributed by atoms with Crippen molar-refractivity contribution < 1.29 is 4.79 Å².